The van der Waals surface area contributed by atoms with Crippen LogP contribution in [-0.4, -0.2) is 34.6 Å². The summed E-state index contributed by atoms with van der Waals surface area (Å²) in [5, 5.41) is 7.19. The lowest BCUT2D eigenvalue weighted by molar-refractivity contribution is -0.123. The Labute approximate surface area is 183 Å². The third kappa shape index (κ3) is 4.49. The number of esters is 1. The van der Waals surface area contributed by atoms with Gasteiger partial charge in [-0.3, -0.25) is 4.79 Å². The zero-order valence-corrected chi connectivity index (χ0v) is 17.7. The van der Waals surface area contributed by atoms with Crippen LogP contribution in [0.2, 0.25) is 5.15 Å². The predicted molar refractivity (Wildman–Crippen MR) is 114 cm³/mol. The summed E-state index contributed by atoms with van der Waals surface area (Å²) in [4.78, 5) is 25.2. The second kappa shape index (κ2) is 8.69. The highest BCUT2D eigenvalue weighted by Crippen LogP contribution is 2.34. The summed E-state index contributed by atoms with van der Waals surface area (Å²) in [5.74, 6) is -0.0568. The molecule has 0 unspecified atom stereocenters. The summed E-state index contributed by atoms with van der Waals surface area (Å²) < 4.78 is 17.4. The summed E-state index contributed by atoms with van der Waals surface area (Å²) in [5.41, 5.74) is 2.06. The van der Waals surface area contributed by atoms with Crippen molar-refractivity contribution in [3.8, 4) is 11.5 Å². The lowest BCUT2D eigenvalue weighted by Crippen LogP contribution is -2.30. The number of hydrogen-bond acceptors (Lipinski definition) is 6. The molecule has 2 heterocycles. The van der Waals surface area contributed by atoms with E-state index in [1.807, 2.05) is 30.3 Å². The number of nitrogens with one attached hydrogen (secondary N) is 1. The fourth-order valence-electron chi connectivity index (χ4n) is 3.14. The Kier molecular flexibility index (Phi) is 5.81. The lowest BCUT2D eigenvalue weighted by Gasteiger charge is -2.14. The van der Waals surface area contributed by atoms with Crippen molar-refractivity contribution in [1.29, 1.82) is 0 Å². The van der Waals surface area contributed by atoms with Gasteiger partial charge < -0.3 is 19.5 Å². The Morgan fingerprint density at radius 3 is 2.71 bits per heavy atom. The van der Waals surface area contributed by atoms with E-state index in [4.69, 9.17) is 25.8 Å². The van der Waals surface area contributed by atoms with Crippen LogP contribution in [0.5, 0.6) is 11.5 Å². The molecule has 1 amide bonds. The number of benzene rings is 2. The number of halogens is 1. The van der Waals surface area contributed by atoms with Crippen LogP contribution in [0.3, 0.4) is 0 Å². The Bertz CT molecular complexity index is 1130. The van der Waals surface area contributed by atoms with Gasteiger partial charge in [0.05, 0.1) is 12.2 Å². The van der Waals surface area contributed by atoms with Crippen LogP contribution in [0.15, 0.2) is 48.5 Å². The summed E-state index contributed by atoms with van der Waals surface area (Å²) in [6.45, 7) is 3.70. The molecule has 0 radical (unpaired) electrons. The van der Waals surface area contributed by atoms with Gasteiger partial charge in [0.25, 0.3) is 5.91 Å². The van der Waals surface area contributed by atoms with Crippen molar-refractivity contribution in [2.24, 2.45) is 0 Å². The number of rotatable bonds is 6. The summed E-state index contributed by atoms with van der Waals surface area (Å²) in [6, 6.07) is 14.6. The van der Waals surface area contributed by atoms with Gasteiger partial charge in [-0.2, -0.15) is 5.10 Å². The number of amides is 1. The molecule has 0 spiro atoms. The van der Waals surface area contributed by atoms with Crippen molar-refractivity contribution in [3.05, 3.63) is 70.5 Å². The molecular formula is C22H20ClN3O5. The molecule has 3 aromatic rings. The van der Waals surface area contributed by atoms with Gasteiger partial charge in [-0.05, 0) is 31.5 Å². The fourth-order valence-corrected chi connectivity index (χ4v) is 3.45. The molecule has 8 nitrogen and oxygen atoms in total. The van der Waals surface area contributed by atoms with Crippen LogP contribution >= 0.6 is 11.6 Å². The number of anilines is 1. The third-order valence-electron chi connectivity index (χ3n) is 4.74. The smallest absolute Gasteiger partial charge is 0.343 e. The molecule has 1 aromatic heterocycles. The molecule has 1 aliphatic rings. The highest BCUT2D eigenvalue weighted by molar-refractivity contribution is 6.32. The predicted octanol–water partition coefficient (Wildman–Crippen LogP) is 3.81. The number of ether oxygens (including phenoxy) is 3. The monoisotopic (exact) mass is 441 g/mol. The molecule has 31 heavy (non-hydrogen) atoms. The molecule has 0 aliphatic carbocycles. The molecule has 1 aliphatic heterocycles. The Balaban J connectivity index is 1.42. The topological polar surface area (TPSA) is 91.7 Å². The van der Waals surface area contributed by atoms with Gasteiger partial charge in [-0.15, -0.1) is 0 Å². The zero-order chi connectivity index (χ0) is 22.0. The number of carbonyl (C=O) groups excluding carboxylic acids is 2. The van der Waals surface area contributed by atoms with Crippen molar-refractivity contribution in [2.75, 3.05) is 12.1 Å². The average molecular weight is 442 g/mol. The Morgan fingerprint density at radius 2 is 1.94 bits per heavy atom. The van der Waals surface area contributed by atoms with E-state index >= 15 is 0 Å². The van der Waals surface area contributed by atoms with Crippen LogP contribution in [-0.2, 0) is 16.1 Å². The highest BCUT2D eigenvalue weighted by Gasteiger charge is 2.26. The molecule has 9 heteroatoms. The molecule has 1 N–H and O–H groups in total. The summed E-state index contributed by atoms with van der Waals surface area (Å²) in [6.07, 6.45) is -1.05. The third-order valence-corrected chi connectivity index (χ3v) is 5.12. The average Bonchev–Trinajstić information content (AvgIpc) is 3.32. The minimum absolute atomic E-state index is 0.138. The van der Waals surface area contributed by atoms with Gasteiger partial charge >= 0.3 is 5.97 Å². The molecule has 4 rings (SSSR count). The van der Waals surface area contributed by atoms with E-state index in [9.17, 15) is 9.59 Å². The number of carbonyl (C=O) groups is 2. The first kappa shape index (κ1) is 20.7. The van der Waals surface area contributed by atoms with Gasteiger partial charge in [0.15, 0.2) is 17.6 Å². The van der Waals surface area contributed by atoms with Crippen LogP contribution in [0, 0.1) is 6.92 Å². The molecule has 0 bridgehead atoms. The minimum Gasteiger partial charge on any atom is -0.454 e. The Hall–Kier alpha value is -3.52. The fraction of sp³-hybridized carbons (Fsp3) is 0.227. The van der Waals surface area contributed by atoms with Gasteiger partial charge in [-0.1, -0.05) is 41.9 Å². The van der Waals surface area contributed by atoms with Crippen molar-refractivity contribution >= 4 is 29.2 Å². The molecule has 160 valence electrons. The molecular weight excluding hydrogens is 422 g/mol. The van der Waals surface area contributed by atoms with Crippen LogP contribution < -0.4 is 14.8 Å². The van der Waals surface area contributed by atoms with E-state index < -0.39 is 18.0 Å². The SMILES string of the molecule is Cc1nn(Cc2ccccc2)c(Cl)c1C(=O)O[C@@H](C)C(=O)Nc1ccc2c(c1)OCO2. The van der Waals surface area contributed by atoms with Crippen molar-refractivity contribution in [3.63, 3.8) is 0 Å². The van der Waals surface area contributed by atoms with Crippen molar-refractivity contribution in [2.45, 2.75) is 26.5 Å². The van der Waals surface area contributed by atoms with E-state index in [1.54, 1.807) is 25.1 Å². The standard InChI is InChI=1S/C22H20ClN3O5/c1-13-19(20(23)26(25-13)11-15-6-4-3-5-7-15)22(28)31-14(2)21(27)24-16-8-9-17-18(10-16)30-12-29-17/h3-10,14H,11-12H2,1-2H3,(H,24,27)/t14-/m0/s1. The van der Waals surface area contributed by atoms with E-state index in [0.29, 0.717) is 29.4 Å². The maximum absolute atomic E-state index is 12.7. The van der Waals surface area contributed by atoms with Gasteiger partial charge in [0.2, 0.25) is 6.79 Å². The first-order chi connectivity index (χ1) is 14.9. The Morgan fingerprint density at radius 1 is 1.19 bits per heavy atom. The number of hydrogen-bond donors (Lipinski definition) is 1. The summed E-state index contributed by atoms with van der Waals surface area (Å²) in [7, 11) is 0. The number of fused-ring (bicyclic) bond motifs is 1. The quantitative estimate of drug-likeness (QED) is 0.585. The van der Waals surface area contributed by atoms with Gasteiger partial charge in [0.1, 0.15) is 10.7 Å². The van der Waals surface area contributed by atoms with Crippen molar-refractivity contribution < 1.29 is 23.8 Å². The maximum atomic E-state index is 12.7. The summed E-state index contributed by atoms with van der Waals surface area (Å²) >= 11 is 6.39. The second-order valence-corrected chi connectivity index (χ2v) is 7.36. The second-order valence-electron chi connectivity index (χ2n) is 7.00. The zero-order valence-electron chi connectivity index (χ0n) is 16.9. The van der Waals surface area contributed by atoms with E-state index in [-0.39, 0.29) is 17.5 Å². The normalized spacial score (nSPS) is 13.0. The minimum atomic E-state index is -1.05. The van der Waals surface area contributed by atoms with Crippen LogP contribution in [0.1, 0.15) is 28.5 Å². The number of nitrogens with zero attached hydrogens (tertiary/aromatic N) is 2. The molecule has 2 aromatic carbocycles. The molecule has 0 saturated carbocycles. The van der Waals surface area contributed by atoms with Crippen molar-refractivity contribution in [1.82, 2.24) is 9.78 Å². The first-order valence-electron chi connectivity index (χ1n) is 9.60. The van der Waals surface area contributed by atoms with E-state index in [1.165, 1.54) is 11.6 Å². The number of aromatic nitrogens is 2. The number of aryl methyl sites for hydroxylation is 1. The van der Waals surface area contributed by atoms with Crippen LogP contribution in [0.4, 0.5) is 5.69 Å². The highest BCUT2D eigenvalue weighted by atomic mass is 35.5. The van der Waals surface area contributed by atoms with Crippen LogP contribution in [0.25, 0.3) is 0 Å². The lowest BCUT2D eigenvalue weighted by atomic mass is 10.2. The maximum Gasteiger partial charge on any atom is 0.343 e. The molecule has 0 fully saturated rings. The van der Waals surface area contributed by atoms with Gasteiger partial charge in [-0.25, -0.2) is 9.48 Å². The first-order valence-corrected chi connectivity index (χ1v) is 9.98. The van der Waals surface area contributed by atoms with E-state index in [0.717, 1.165) is 5.56 Å². The van der Waals surface area contributed by atoms with E-state index in [2.05, 4.69) is 10.4 Å². The largest absolute Gasteiger partial charge is 0.454 e. The molecule has 0 saturated heterocycles. The van der Waals surface area contributed by atoms with Gasteiger partial charge in [0, 0.05) is 11.8 Å². The molecule has 1 atom stereocenters.